The molecule has 2 amide bonds. The van der Waals surface area contributed by atoms with E-state index < -0.39 is 31.1 Å². The second kappa shape index (κ2) is 9.48. The predicted molar refractivity (Wildman–Crippen MR) is 64.2 cm³/mol. The number of ether oxygens (including phenoxy) is 1. The number of nitrogens with one attached hydrogen (secondary N) is 2. The van der Waals surface area contributed by atoms with Gasteiger partial charge in [-0.15, -0.1) is 0 Å². The Morgan fingerprint density at radius 1 is 1.37 bits per heavy atom. The first-order valence-corrected chi connectivity index (χ1v) is 6.01. The summed E-state index contributed by atoms with van der Waals surface area (Å²) in [7, 11) is 0. The molecule has 0 aromatic heterocycles. The van der Waals surface area contributed by atoms with Gasteiger partial charge in [-0.25, -0.2) is 18.4 Å². The van der Waals surface area contributed by atoms with E-state index in [1.807, 2.05) is 6.92 Å². The van der Waals surface area contributed by atoms with E-state index in [1.54, 1.807) is 6.92 Å². The van der Waals surface area contributed by atoms with Crippen LogP contribution >= 0.6 is 0 Å². The monoisotopic (exact) mass is 282 g/mol. The Balaban J connectivity index is 3.91. The summed E-state index contributed by atoms with van der Waals surface area (Å²) in [4.78, 5) is 22.3. The lowest BCUT2D eigenvalue weighted by atomic mass is 9.99. The quantitative estimate of drug-likeness (QED) is 0.552. The highest BCUT2D eigenvalue weighted by Gasteiger charge is 2.24. The lowest BCUT2D eigenvalue weighted by molar-refractivity contribution is -0.140. The summed E-state index contributed by atoms with van der Waals surface area (Å²) >= 11 is 0. The second-order valence-corrected chi connectivity index (χ2v) is 4.07. The van der Waals surface area contributed by atoms with Crippen LogP contribution in [0.5, 0.6) is 0 Å². The van der Waals surface area contributed by atoms with Gasteiger partial charge in [-0.2, -0.15) is 0 Å². The summed E-state index contributed by atoms with van der Waals surface area (Å²) in [5.74, 6) is -1.32. The number of carbonyl (C=O) groups is 2. The van der Waals surface area contributed by atoms with Crippen LogP contribution in [0.3, 0.4) is 0 Å². The van der Waals surface area contributed by atoms with Crippen molar-refractivity contribution in [3.05, 3.63) is 0 Å². The Bertz CT molecular complexity index is 290. The van der Waals surface area contributed by atoms with Crippen molar-refractivity contribution in [3.8, 4) is 0 Å². The molecule has 0 saturated heterocycles. The van der Waals surface area contributed by atoms with Crippen LogP contribution in [-0.4, -0.2) is 49.3 Å². The molecule has 0 aliphatic carbocycles. The highest BCUT2D eigenvalue weighted by atomic mass is 19.3. The molecule has 3 N–H and O–H groups in total. The van der Waals surface area contributed by atoms with Crippen LogP contribution in [0.1, 0.15) is 20.3 Å². The predicted octanol–water partition coefficient (Wildman–Crippen LogP) is 1.07. The van der Waals surface area contributed by atoms with E-state index in [-0.39, 0.29) is 19.1 Å². The van der Waals surface area contributed by atoms with Crippen LogP contribution in [0, 0.1) is 5.92 Å². The van der Waals surface area contributed by atoms with Crippen molar-refractivity contribution in [2.24, 2.45) is 5.92 Å². The maximum atomic E-state index is 11.7. The number of rotatable bonds is 9. The Morgan fingerprint density at radius 3 is 2.47 bits per heavy atom. The number of halogens is 2. The summed E-state index contributed by atoms with van der Waals surface area (Å²) in [6, 6.07) is -1.64. The van der Waals surface area contributed by atoms with Gasteiger partial charge >= 0.3 is 12.0 Å². The minimum absolute atomic E-state index is 0.0331. The molecule has 0 aromatic carbocycles. The van der Waals surface area contributed by atoms with E-state index in [1.165, 1.54) is 0 Å². The topological polar surface area (TPSA) is 87.7 Å². The van der Waals surface area contributed by atoms with Gasteiger partial charge in [0.15, 0.2) is 0 Å². The molecule has 0 aromatic rings. The van der Waals surface area contributed by atoms with E-state index in [9.17, 15) is 18.4 Å². The largest absolute Gasteiger partial charge is 0.480 e. The van der Waals surface area contributed by atoms with Gasteiger partial charge in [-0.1, -0.05) is 20.3 Å². The fourth-order valence-electron chi connectivity index (χ4n) is 1.28. The van der Waals surface area contributed by atoms with Crippen LogP contribution in [-0.2, 0) is 9.53 Å². The van der Waals surface area contributed by atoms with Gasteiger partial charge in [0.2, 0.25) is 0 Å². The zero-order valence-corrected chi connectivity index (χ0v) is 11.0. The molecule has 0 aliphatic rings. The molecule has 2 atom stereocenters. The van der Waals surface area contributed by atoms with Gasteiger partial charge in [-0.05, 0) is 5.92 Å². The SMILES string of the molecule is CCC(C)C(NC(=O)NCCOCC(F)F)C(=O)O. The molecule has 6 nitrogen and oxygen atoms in total. The highest BCUT2D eigenvalue weighted by molar-refractivity contribution is 5.82. The number of amides is 2. The zero-order valence-electron chi connectivity index (χ0n) is 11.0. The van der Waals surface area contributed by atoms with Crippen molar-refractivity contribution in [1.82, 2.24) is 10.6 Å². The molecule has 0 rings (SSSR count). The van der Waals surface area contributed by atoms with Gasteiger partial charge in [0.1, 0.15) is 12.6 Å². The Kier molecular flexibility index (Phi) is 8.77. The number of alkyl halides is 2. The summed E-state index contributed by atoms with van der Waals surface area (Å²) in [5, 5.41) is 13.6. The molecule has 8 heteroatoms. The van der Waals surface area contributed by atoms with E-state index in [0.29, 0.717) is 6.42 Å². The van der Waals surface area contributed by atoms with Crippen molar-refractivity contribution < 1.29 is 28.2 Å². The van der Waals surface area contributed by atoms with Gasteiger partial charge < -0.3 is 20.5 Å². The van der Waals surface area contributed by atoms with Crippen molar-refractivity contribution in [3.63, 3.8) is 0 Å². The van der Waals surface area contributed by atoms with E-state index >= 15 is 0 Å². The standard InChI is InChI=1S/C11H20F2N2O4/c1-3-7(2)9(10(16)17)15-11(18)14-4-5-19-6-8(12)13/h7-9H,3-6H2,1-2H3,(H,16,17)(H2,14,15,18). The Morgan fingerprint density at radius 2 is 2.00 bits per heavy atom. The van der Waals surface area contributed by atoms with Crippen molar-refractivity contribution in [2.45, 2.75) is 32.7 Å². The van der Waals surface area contributed by atoms with Crippen molar-refractivity contribution in [1.29, 1.82) is 0 Å². The molecule has 2 unspecified atom stereocenters. The normalized spacial score (nSPS) is 13.9. The average Bonchev–Trinajstić information content (AvgIpc) is 2.33. The first kappa shape index (κ1) is 17.6. The minimum atomic E-state index is -2.55. The van der Waals surface area contributed by atoms with Crippen LogP contribution < -0.4 is 10.6 Å². The van der Waals surface area contributed by atoms with Crippen LogP contribution in [0.2, 0.25) is 0 Å². The summed E-state index contributed by atoms with van der Waals surface area (Å²) in [6.07, 6.45) is -1.94. The van der Waals surface area contributed by atoms with Crippen LogP contribution in [0.15, 0.2) is 0 Å². The number of carboxylic acid groups (broad SMARTS) is 1. The minimum Gasteiger partial charge on any atom is -0.480 e. The fourth-order valence-corrected chi connectivity index (χ4v) is 1.28. The molecule has 0 spiro atoms. The van der Waals surface area contributed by atoms with E-state index in [2.05, 4.69) is 15.4 Å². The molecule has 0 saturated carbocycles. The number of hydrogen-bond acceptors (Lipinski definition) is 3. The lowest BCUT2D eigenvalue weighted by Crippen LogP contribution is -2.49. The summed E-state index contributed by atoms with van der Waals surface area (Å²) < 4.78 is 28.0. The van der Waals surface area contributed by atoms with E-state index in [0.717, 1.165) is 0 Å². The maximum Gasteiger partial charge on any atom is 0.326 e. The number of urea groups is 1. The van der Waals surface area contributed by atoms with Gasteiger partial charge in [0, 0.05) is 6.54 Å². The second-order valence-electron chi connectivity index (χ2n) is 4.07. The third kappa shape index (κ3) is 8.30. The fraction of sp³-hybridized carbons (Fsp3) is 0.818. The first-order chi connectivity index (χ1) is 8.88. The Labute approximate surface area is 110 Å². The number of hydrogen-bond donors (Lipinski definition) is 3. The maximum absolute atomic E-state index is 11.7. The third-order valence-electron chi connectivity index (χ3n) is 2.54. The van der Waals surface area contributed by atoms with Crippen molar-refractivity contribution in [2.75, 3.05) is 19.8 Å². The van der Waals surface area contributed by atoms with Gasteiger partial charge in [0.05, 0.1) is 6.61 Å². The highest BCUT2D eigenvalue weighted by Crippen LogP contribution is 2.07. The zero-order chi connectivity index (χ0) is 14.8. The summed E-state index contributed by atoms with van der Waals surface area (Å²) in [6.45, 7) is 2.82. The molecule has 0 fully saturated rings. The number of carbonyl (C=O) groups excluding carboxylic acids is 1. The third-order valence-corrected chi connectivity index (χ3v) is 2.54. The van der Waals surface area contributed by atoms with Gasteiger partial charge in [0.25, 0.3) is 6.43 Å². The molecule has 0 bridgehead atoms. The molecular weight excluding hydrogens is 262 g/mol. The van der Waals surface area contributed by atoms with Crippen LogP contribution in [0.25, 0.3) is 0 Å². The van der Waals surface area contributed by atoms with E-state index in [4.69, 9.17) is 5.11 Å². The smallest absolute Gasteiger partial charge is 0.326 e. The lowest BCUT2D eigenvalue weighted by Gasteiger charge is -2.20. The molecule has 0 heterocycles. The number of aliphatic carboxylic acids is 1. The molecule has 112 valence electrons. The average molecular weight is 282 g/mol. The van der Waals surface area contributed by atoms with Crippen LogP contribution in [0.4, 0.5) is 13.6 Å². The number of carboxylic acids is 1. The van der Waals surface area contributed by atoms with Crippen molar-refractivity contribution >= 4 is 12.0 Å². The molecule has 0 aliphatic heterocycles. The summed E-state index contributed by atoms with van der Waals surface area (Å²) in [5.41, 5.74) is 0. The van der Waals surface area contributed by atoms with Gasteiger partial charge in [-0.3, -0.25) is 0 Å². The Hall–Kier alpha value is -1.44. The first-order valence-electron chi connectivity index (χ1n) is 6.01. The molecular formula is C11H20F2N2O4. The molecule has 19 heavy (non-hydrogen) atoms. The molecule has 0 radical (unpaired) electrons.